The van der Waals surface area contributed by atoms with E-state index in [1.165, 1.54) is 0 Å². The van der Waals surface area contributed by atoms with Crippen molar-refractivity contribution in [1.29, 1.82) is 0 Å². The van der Waals surface area contributed by atoms with Gasteiger partial charge < -0.3 is 5.73 Å². The second kappa shape index (κ2) is 3.95. The molecule has 3 amide bonds. The number of amides is 3. The number of benzene rings is 1. The normalized spacial score (nSPS) is 9.31. The number of urea groups is 1. The van der Waals surface area contributed by atoms with E-state index in [0.717, 1.165) is 4.90 Å². The summed E-state index contributed by atoms with van der Waals surface area (Å²) in [5.74, 6) is -0.513. The third kappa shape index (κ3) is 2.79. The van der Waals surface area contributed by atoms with E-state index in [1.54, 1.807) is 24.3 Å². The molecule has 0 fully saturated rings. The Hall–Kier alpha value is -1.49. The largest absolute Gasteiger partial charge is 0.351 e. The van der Waals surface area contributed by atoms with Gasteiger partial charge in [0.15, 0.2) is 0 Å². The van der Waals surface area contributed by atoms with Crippen molar-refractivity contribution >= 4 is 24.6 Å². The smallest absolute Gasteiger partial charge is 0.319 e. The molecule has 1 aromatic rings. The average Bonchev–Trinajstić information content (AvgIpc) is 2.04. The fourth-order valence-corrected chi connectivity index (χ4v) is 0.946. The molecule has 68 valence electrons. The van der Waals surface area contributed by atoms with Crippen molar-refractivity contribution in [1.82, 2.24) is 5.32 Å². The molecule has 0 unspecified atom stereocenters. The molecule has 0 saturated heterocycles. The Labute approximate surface area is 80.5 Å². The van der Waals surface area contributed by atoms with Crippen LogP contribution in [0.3, 0.4) is 0 Å². The molecule has 0 aliphatic rings. The van der Waals surface area contributed by atoms with E-state index < -0.39 is 11.9 Å². The highest BCUT2D eigenvalue weighted by Crippen LogP contribution is 2.07. The van der Waals surface area contributed by atoms with Gasteiger partial charge in [-0.15, -0.1) is 12.6 Å². The third-order valence-corrected chi connectivity index (χ3v) is 1.66. The minimum Gasteiger partial charge on any atom is -0.351 e. The Bertz CT molecular complexity index is 335. The Morgan fingerprint density at radius 2 is 1.77 bits per heavy atom. The van der Waals surface area contributed by atoms with Gasteiger partial charge in [-0.2, -0.15) is 0 Å². The molecule has 0 aromatic heterocycles. The van der Waals surface area contributed by atoms with E-state index in [9.17, 15) is 9.59 Å². The van der Waals surface area contributed by atoms with E-state index in [2.05, 4.69) is 12.6 Å². The van der Waals surface area contributed by atoms with Crippen LogP contribution in [-0.2, 0) is 0 Å². The van der Waals surface area contributed by atoms with Gasteiger partial charge in [-0.3, -0.25) is 10.1 Å². The fourth-order valence-electron chi connectivity index (χ4n) is 0.797. The monoisotopic (exact) mass is 196 g/mol. The van der Waals surface area contributed by atoms with Crippen molar-refractivity contribution in [3.8, 4) is 0 Å². The predicted octanol–water partition coefficient (Wildman–Crippen LogP) is 0.784. The molecule has 4 nitrogen and oxygen atoms in total. The molecule has 0 aliphatic heterocycles. The van der Waals surface area contributed by atoms with Gasteiger partial charge in [0, 0.05) is 10.5 Å². The average molecular weight is 196 g/mol. The van der Waals surface area contributed by atoms with Crippen LogP contribution in [0, 0.1) is 0 Å². The minimum absolute atomic E-state index is 0.372. The standard InChI is InChI=1S/C8H8N2O2S/c9-8(12)10-7(11)5-1-3-6(13)4-2-5/h1-4,13H,(H3,9,10,11,12). The first kappa shape index (κ1) is 9.60. The molecule has 5 heteroatoms. The van der Waals surface area contributed by atoms with E-state index in [1.807, 2.05) is 5.32 Å². The Balaban J connectivity index is 2.78. The van der Waals surface area contributed by atoms with Gasteiger partial charge in [0.25, 0.3) is 5.91 Å². The number of primary amides is 1. The van der Waals surface area contributed by atoms with E-state index in [-0.39, 0.29) is 0 Å². The zero-order chi connectivity index (χ0) is 9.84. The lowest BCUT2D eigenvalue weighted by Crippen LogP contribution is -2.34. The van der Waals surface area contributed by atoms with Crippen LogP contribution < -0.4 is 11.1 Å². The van der Waals surface area contributed by atoms with Gasteiger partial charge in [-0.1, -0.05) is 0 Å². The summed E-state index contributed by atoms with van der Waals surface area (Å²) in [5, 5.41) is 1.95. The second-order valence-corrected chi connectivity index (χ2v) is 2.88. The number of thiol groups is 1. The van der Waals surface area contributed by atoms with Crippen LogP contribution in [0.4, 0.5) is 4.79 Å². The van der Waals surface area contributed by atoms with Crippen molar-refractivity contribution in [2.75, 3.05) is 0 Å². The van der Waals surface area contributed by atoms with Gasteiger partial charge in [0.05, 0.1) is 0 Å². The number of imide groups is 1. The summed E-state index contributed by atoms with van der Waals surface area (Å²) >= 11 is 4.05. The van der Waals surface area contributed by atoms with Crippen molar-refractivity contribution in [3.05, 3.63) is 29.8 Å². The van der Waals surface area contributed by atoms with Gasteiger partial charge in [0.2, 0.25) is 0 Å². The third-order valence-electron chi connectivity index (χ3n) is 1.37. The maximum Gasteiger partial charge on any atom is 0.319 e. The molecule has 1 aromatic carbocycles. The predicted molar refractivity (Wildman–Crippen MR) is 50.7 cm³/mol. The number of carbonyl (C=O) groups is 2. The summed E-state index contributed by atoms with van der Waals surface area (Å²) < 4.78 is 0. The molecular weight excluding hydrogens is 188 g/mol. The zero-order valence-electron chi connectivity index (χ0n) is 6.65. The van der Waals surface area contributed by atoms with Gasteiger partial charge in [-0.05, 0) is 24.3 Å². The number of carbonyl (C=O) groups excluding carboxylic acids is 2. The van der Waals surface area contributed by atoms with Crippen LogP contribution >= 0.6 is 12.6 Å². The van der Waals surface area contributed by atoms with Crippen molar-refractivity contribution in [3.63, 3.8) is 0 Å². The lowest BCUT2D eigenvalue weighted by atomic mass is 10.2. The summed E-state index contributed by atoms with van der Waals surface area (Å²) in [7, 11) is 0. The minimum atomic E-state index is -0.861. The maximum atomic E-state index is 11.1. The molecule has 0 heterocycles. The zero-order valence-corrected chi connectivity index (χ0v) is 7.54. The van der Waals surface area contributed by atoms with E-state index in [4.69, 9.17) is 5.73 Å². The van der Waals surface area contributed by atoms with Crippen LogP contribution in [0.5, 0.6) is 0 Å². The Morgan fingerprint density at radius 1 is 1.23 bits per heavy atom. The quantitative estimate of drug-likeness (QED) is 0.581. The van der Waals surface area contributed by atoms with Crippen LogP contribution in [0.1, 0.15) is 10.4 Å². The summed E-state index contributed by atoms with van der Waals surface area (Å²) in [5.41, 5.74) is 5.15. The number of rotatable bonds is 1. The highest BCUT2D eigenvalue weighted by atomic mass is 32.1. The Kier molecular flexibility index (Phi) is 2.92. The van der Waals surface area contributed by atoms with Gasteiger partial charge >= 0.3 is 6.03 Å². The first-order chi connectivity index (χ1) is 6.09. The number of nitrogens with one attached hydrogen (secondary N) is 1. The van der Waals surface area contributed by atoms with Crippen molar-refractivity contribution in [2.24, 2.45) is 5.73 Å². The molecule has 0 spiro atoms. The molecule has 3 N–H and O–H groups in total. The molecule has 1 rings (SSSR count). The SMILES string of the molecule is NC(=O)NC(=O)c1ccc(S)cc1. The number of nitrogens with two attached hydrogens (primary N) is 1. The Morgan fingerprint density at radius 3 is 2.23 bits per heavy atom. The first-order valence-corrected chi connectivity index (χ1v) is 3.94. The molecule has 0 radical (unpaired) electrons. The topological polar surface area (TPSA) is 72.2 Å². The van der Waals surface area contributed by atoms with Gasteiger partial charge in [-0.25, -0.2) is 4.79 Å². The van der Waals surface area contributed by atoms with Crippen LogP contribution in [0.2, 0.25) is 0 Å². The lowest BCUT2D eigenvalue weighted by molar-refractivity contribution is 0.0966. The lowest BCUT2D eigenvalue weighted by Gasteiger charge is -2.00. The summed E-state index contributed by atoms with van der Waals surface area (Å²) in [6.07, 6.45) is 0. The summed E-state index contributed by atoms with van der Waals surface area (Å²) in [6.45, 7) is 0. The molecule has 0 saturated carbocycles. The molecule has 0 aliphatic carbocycles. The first-order valence-electron chi connectivity index (χ1n) is 3.49. The fraction of sp³-hybridized carbons (Fsp3) is 0. The molecular formula is C8H8N2O2S. The van der Waals surface area contributed by atoms with Crippen LogP contribution in [0.25, 0.3) is 0 Å². The highest BCUT2D eigenvalue weighted by molar-refractivity contribution is 7.80. The van der Waals surface area contributed by atoms with Crippen molar-refractivity contribution < 1.29 is 9.59 Å². The number of hydrogen-bond acceptors (Lipinski definition) is 3. The van der Waals surface area contributed by atoms with Crippen LogP contribution in [0.15, 0.2) is 29.2 Å². The molecule has 13 heavy (non-hydrogen) atoms. The number of hydrogen-bond donors (Lipinski definition) is 3. The summed E-state index contributed by atoms with van der Waals surface area (Å²) in [6, 6.07) is 5.55. The van der Waals surface area contributed by atoms with E-state index >= 15 is 0 Å². The highest BCUT2D eigenvalue weighted by Gasteiger charge is 2.05. The maximum absolute atomic E-state index is 11.1. The second-order valence-electron chi connectivity index (χ2n) is 2.37. The summed E-state index contributed by atoms with van der Waals surface area (Å²) in [4.78, 5) is 22.2. The van der Waals surface area contributed by atoms with Gasteiger partial charge in [0.1, 0.15) is 0 Å². The molecule has 0 atom stereocenters. The van der Waals surface area contributed by atoms with Crippen LogP contribution in [-0.4, -0.2) is 11.9 Å². The van der Waals surface area contributed by atoms with E-state index in [0.29, 0.717) is 5.56 Å². The van der Waals surface area contributed by atoms with Crippen molar-refractivity contribution in [2.45, 2.75) is 4.90 Å². The molecule has 0 bridgehead atoms.